The summed E-state index contributed by atoms with van der Waals surface area (Å²) < 4.78 is 13.6. The van der Waals surface area contributed by atoms with Crippen molar-refractivity contribution in [2.45, 2.75) is 33.7 Å². The Bertz CT molecular complexity index is 714. The normalized spacial score (nSPS) is 11.8. The summed E-state index contributed by atoms with van der Waals surface area (Å²) in [6, 6.07) is 10.9. The van der Waals surface area contributed by atoms with Crippen LogP contribution < -0.4 is 5.32 Å². The summed E-state index contributed by atoms with van der Waals surface area (Å²) in [5.41, 5.74) is 5.42. The molecule has 0 spiro atoms. The molecule has 21 heavy (non-hydrogen) atoms. The smallest absolute Gasteiger partial charge is 0.143 e. The lowest BCUT2D eigenvalue weighted by atomic mass is 9.96. The topological polar surface area (TPSA) is 35.8 Å². The van der Waals surface area contributed by atoms with Crippen molar-refractivity contribution in [1.82, 2.24) is 0 Å². The van der Waals surface area contributed by atoms with E-state index in [1.807, 2.05) is 13.0 Å². The Morgan fingerprint density at radius 2 is 1.76 bits per heavy atom. The molecule has 2 nitrogen and oxygen atoms in total. The molecule has 0 bridgehead atoms. The zero-order valence-electron chi connectivity index (χ0n) is 12.8. The van der Waals surface area contributed by atoms with Crippen LogP contribution in [0.3, 0.4) is 0 Å². The predicted octanol–water partition coefficient (Wildman–Crippen LogP) is 4.80. The van der Waals surface area contributed by atoms with Gasteiger partial charge in [-0.2, -0.15) is 5.26 Å². The summed E-state index contributed by atoms with van der Waals surface area (Å²) >= 11 is 0. The van der Waals surface area contributed by atoms with E-state index in [2.05, 4.69) is 38.2 Å². The second kappa shape index (κ2) is 5.97. The lowest BCUT2D eigenvalue weighted by Gasteiger charge is -2.20. The van der Waals surface area contributed by atoms with Crippen LogP contribution in [0.5, 0.6) is 0 Å². The molecule has 0 fully saturated rings. The van der Waals surface area contributed by atoms with Gasteiger partial charge in [0.2, 0.25) is 0 Å². The molecule has 2 rings (SSSR count). The molecule has 0 aromatic heterocycles. The maximum absolute atomic E-state index is 13.6. The fraction of sp³-hybridized carbons (Fsp3) is 0.278. The van der Waals surface area contributed by atoms with Crippen LogP contribution in [0, 0.1) is 37.9 Å². The van der Waals surface area contributed by atoms with E-state index in [4.69, 9.17) is 5.26 Å². The highest BCUT2D eigenvalue weighted by molar-refractivity contribution is 5.59. The monoisotopic (exact) mass is 282 g/mol. The molecule has 0 saturated carbocycles. The second-order valence-corrected chi connectivity index (χ2v) is 5.43. The molecule has 3 heteroatoms. The van der Waals surface area contributed by atoms with Gasteiger partial charge in [0.15, 0.2) is 0 Å². The number of halogens is 1. The van der Waals surface area contributed by atoms with Crippen molar-refractivity contribution < 1.29 is 4.39 Å². The minimum atomic E-state index is -0.494. The van der Waals surface area contributed by atoms with Gasteiger partial charge < -0.3 is 5.32 Å². The summed E-state index contributed by atoms with van der Waals surface area (Å²) in [6.45, 7) is 8.25. The Morgan fingerprint density at radius 1 is 1.10 bits per heavy atom. The fourth-order valence-electron chi connectivity index (χ4n) is 2.52. The third-order valence-electron chi connectivity index (χ3n) is 3.85. The quantitative estimate of drug-likeness (QED) is 0.878. The van der Waals surface area contributed by atoms with Crippen molar-refractivity contribution >= 4 is 5.69 Å². The molecule has 2 aromatic rings. The van der Waals surface area contributed by atoms with E-state index in [0.29, 0.717) is 5.69 Å². The number of rotatable bonds is 3. The van der Waals surface area contributed by atoms with Crippen LogP contribution in [-0.2, 0) is 0 Å². The third-order valence-corrected chi connectivity index (χ3v) is 3.85. The molecule has 0 saturated heterocycles. The lowest BCUT2D eigenvalue weighted by molar-refractivity contribution is 0.624. The Hall–Kier alpha value is -2.34. The zero-order chi connectivity index (χ0) is 15.6. The van der Waals surface area contributed by atoms with E-state index in [1.165, 1.54) is 22.8 Å². The Morgan fingerprint density at radius 3 is 2.43 bits per heavy atom. The number of nitrogens with zero attached hydrogens (tertiary/aromatic N) is 1. The van der Waals surface area contributed by atoms with Crippen LogP contribution in [0.4, 0.5) is 10.1 Å². The van der Waals surface area contributed by atoms with Crippen LogP contribution in [0.1, 0.15) is 40.8 Å². The summed E-state index contributed by atoms with van der Waals surface area (Å²) in [7, 11) is 0. The van der Waals surface area contributed by atoms with Crippen molar-refractivity contribution in [3.05, 3.63) is 64.0 Å². The number of hydrogen-bond donors (Lipinski definition) is 1. The summed E-state index contributed by atoms with van der Waals surface area (Å²) in [5, 5.41) is 12.3. The number of anilines is 1. The van der Waals surface area contributed by atoms with E-state index in [-0.39, 0.29) is 11.6 Å². The van der Waals surface area contributed by atoms with Gasteiger partial charge in [0.25, 0.3) is 0 Å². The molecule has 1 atom stereocenters. The Balaban J connectivity index is 2.35. The first-order chi connectivity index (χ1) is 9.93. The molecule has 0 heterocycles. The SMILES string of the molecule is Cc1cc(C)c(C(C)Nc2cccc(F)c2C#N)cc1C. The van der Waals surface area contributed by atoms with Crippen molar-refractivity contribution in [1.29, 1.82) is 5.26 Å². The molecule has 0 radical (unpaired) electrons. The Kier molecular flexibility index (Phi) is 4.28. The minimum Gasteiger partial charge on any atom is -0.377 e. The van der Waals surface area contributed by atoms with E-state index in [1.54, 1.807) is 12.1 Å². The number of hydrogen-bond acceptors (Lipinski definition) is 2. The molecule has 108 valence electrons. The van der Waals surface area contributed by atoms with Crippen LogP contribution in [0.15, 0.2) is 30.3 Å². The van der Waals surface area contributed by atoms with Crippen LogP contribution in [-0.4, -0.2) is 0 Å². The van der Waals surface area contributed by atoms with Gasteiger partial charge >= 0.3 is 0 Å². The van der Waals surface area contributed by atoms with Gasteiger partial charge in [-0.15, -0.1) is 0 Å². The maximum Gasteiger partial charge on any atom is 0.143 e. The molecular weight excluding hydrogens is 263 g/mol. The van der Waals surface area contributed by atoms with Crippen molar-refractivity contribution in [3.8, 4) is 6.07 Å². The molecule has 0 aliphatic rings. The van der Waals surface area contributed by atoms with Crippen LogP contribution >= 0.6 is 0 Å². The summed E-state index contributed by atoms with van der Waals surface area (Å²) in [5.74, 6) is -0.494. The Labute approximate surface area is 125 Å². The zero-order valence-corrected chi connectivity index (χ0v) is 12.8. The number of nitrogens with one attached hydrogen (secondary N) is 1. The van der Waals surface area contributed by atoms with E-state index in [9.17, 15) is 4.39 Å². The van der Waals surface area contributed by atoms with E-state index < -0.39 is 5.82 Å². The average molecular weight is 282 g/mol. The van der Waals surface area contributed by atoms with Crippen LogP contribution in [0.2, 0.25) is 0 Å². The third kappa shape index (κ3) is 3.05. The van der Waals surface area contributed by atoms with Crippen LogP contribution in [0.25, 0.3) is 0 Å². The first-order valence-corrected chi connectivity index (χ1v) is 6.97. The molecule has 0 amide bonds. The molecule has 1 N–H and O–H groups in total. The van der Waals surface area contributed by atoms with Gasteiger partial charge in [0.1, 0.15) is 17.4 Å². The molecule has 2 aromatic carbocycles. The highest BCUT2D eigenvalue weighted by atomic mass is 19.1. The molecular formula is C18H19FN2. The highest BCUT2D eigenvalue weighted by Crippen LogP contribution is 2.27. The van der Waals surface area contributed by atoms with Gasteiger partial charge in [-0.3, -0.25) is 0 Å². The van der Waals surface area contributed by atoms with Crippen molar-refractivity contribution in [2.75, 3.05) is 5.32 Å². The number of nitriles is 1. The maximum atomic E-state index is 13.6. The first kappa shape index (κ1) is 15.1. The van der Waals surface area contributed by atoms with Gasteiger partial charge in [-0.05, 0) is 62.1 Å². The van der Waals surface area contributed by atoms with Gasteiger partial charge in [0, 0.05) is 6.04 Å². The second-order valence-electron chi connectivity index (χ2n) is 5.43. The summed E-state index contributed by atoms with van der Waals surface area (Å²) in [6.07, 6.45) is 0. The lowest BCUT2D eigenvalue weighted by Crippen LogP contribution is -2.10. The van der Waals surface area contributed by atoms with E-state index in [0.717, 1.165) is 5.56 Å². The van der Waals surface area contributed by atoms with Crippen molar-refractivity contribution in [2.24, 2.45) is 0 Å². The minimum absolute atomic E-state index is 0.00167. The largest absolute Gasteiger partial charge is 0.377 e. The van der Waals surface area contributed by atoms with Gasteiger partial charge in [-0.1, -0.05) is 18.2 Å². The van der Waals surface area contributed by atoms with Gasteiger partial charge in [0.05, 0.1) is 5.69 Å². The number of aryl methyl sites for hydroxylation is 3. The first-order valence-electron chi connectivity index (χ1n) is 6.97. The van der Waals surface area contributed by atoms with Crippen molar-refractivity contribution in [3.63, 3.8) is 0 Å². The van der Waals surface area contributed by atoms with E-state index >= 15 is 0 Å². The molecule has 1 unspecified atom stereocenters. The fourth-order valence-corrected chi connectivity index (χ4v) is 2.52. The average Bonchev–Trinajstić information content (AvgIpc) is 2.43. The number of benzene rings is 2. The predicted molar refractivity (Wildman–Crippen MR) is 83.8 cm³/mol. The standard InChI is InChI=1S/C18H19FN2/c1-11-8-13(3)15(9-12(11)2)14(4)21-18-7-5-6-17(19)16(18)10-20/h5-9,14,21H,1-4H3. The summed E-state index contributed by atoms with van der Waals surface area (Å²) in [4.78, 5) is 0. The van der Waals surface area contributed by atoms with Gasteiger partial charge in [-0.25, -0.2) is 4.39 Å². The molecule has 0 aliphatic heterocycles. The molecule has 0 aliphatic carbocycles. The highest BCUT2D eigenvalue weighted by Gasteiger charge is 2.13.